The molecule has 10 aromatic carbocycles. The molecule has 0 spiro atoms. The van der Waals surface area contributed by atoms with E-state index in [9.17, 15) is 0 Å². The van der Waals surface area contributed by atoms with Crippen LogP contribution in [0.25, 0.3) is 152 Å². The second-order valence-electron chi connectivity index (χ2n) is 17.7. The summed E-state index contributed by atoms with van der Waals surface area (Å²) >= 11 is 0. The van der Waals surface area contributed by atoms with E-state index < -0.39 is 0 Å². The van der Waals surface area contributed by atoms with Gasteiger partial charge in [0, 0.05) is 83.1 Å². The van der Waals surface area contributed by atoms with Crippen LogP contribution in [0.3, 0.4) is 0 Å². The molecule has 4 nitrogen and oxygen atoms in total. The summed E-state index contributed by atoms with van der Waals surface area (Å²) in [5.74, 6) is 0. The zero-order chi connectivity index (χ0) is 41.4. The number of pyridine rings is 2. The Kier molecular flexibility index (Phi) is 6.02. The lowest BCUT2D eigenvalue weighted by molar-refractivity contribution is 0.669. The van der Waals surface area contributed by atoms with E-state index in [4.69, 9.17) is 8.83 Å². The molecule has 294 valence electrons. The van der Waals surface area contributed by atoms with Crippen molar-refractivity contribution in [1.29, 1.82) is 0 Å². The Balaban J connectivity index is 0.984. The van der Waals surface area contributed by atoms with E-state index >= 15 is 0 Å². The summed E-state index contributed by atoms with van der Waals surface area (Å²) < 4.78 is 17.8. The third-order valence-corrected chi connectivity index (χ3v) is 14.4. The first kappa shape index (κ1) is 33.1. The van der Waals surface area contributed by atoms with Crippen LogP contribution in [0.15, 0.2) is 203 Å². The summed E-state index contributed by atoms with van der Waals surface area (Å²) in [5, 5.41) is 21.7. The number of furan rings is 2. The Morgan fingerprint density at radius 3 is 1.58 bits per heavy atom. The van der Waals surface area contributed by atoms with Crippen LogP contribution >= 0.6 is 0 Å². The molecule has 0 saturated heterocycles. The van der Waals surface area contributed by atoms with E-state index in [1.54, 1.807) is 0 Å². The smallest absolute Gasteiger partial charge is 0.137 e. The fourth-order valence-electron chi connectivity index (χ4n) is 11.5. The van der Waals surface area contributed by atoms with Gasteiger partial charge in [-0.25, -0.2) is 0 Å². The molecular weight excluding hydrogens is 781 g/mol. The predicted octanol–water partition coefficient (Wildman–Crippen LogP) is 16.9. The van der Waals surface area contributed by atoms with E-state index in [1.807, 2.05) is 12.1 Å². The van der Waals surface area contributed by atoms with Gasteiger partial charge in [0.15, 0.2) is 0 Å². The second kappa shape index (κ2) is 11.6. The van der Waals surface area contributed by atoms with Crippen molar-refractivity contribution in [2.75, 3.05) is 0 Å². The van der Waals surface area contributed by atoms with Gasteiger partial charge in [-0.05, 0) is 104 Å². The molecule has 0 aliphatic carbocycles. The van der Waals surface area contributed by atoms with E-state index in [2.05, 4.69) is 191 Å². The van der Waals surface area contributed by atoms with Gasteiger partial charge < -0.3 is 17.6 Å². The van der Waals surface area contributed by atoms with Gasteiger partial charge in [-0.1, -0.05) is 115 Å². The van der Waals surface area contributed by atoms with Gasteiger partial charge in [0.2, 0.25) is 0 Å². The fraction of sp³-hybridized carbons (Fsp3) is 0. The van der Waals surface area contributed by atoms with Crippen molar-refractivity contribution in [3.8, 4) is 11.1 Å². The minimum absolute atomic E-state index is 0.897. The van der Waals surface area contributed by atoms with Crippen LogP contribution in [-0.4, -0.2) is 8.80 Å². The summed E-state index contributed by atoms with van der Waals surface area (Å²) in [6, 6.07) is 66.8. The van der Waals surface area contributed by atoms with Crippen LogP contribution in [0.5, 0.6) is 0 Å². The average Bonchev–Trinajstić information content (AvgIpc) is 4.12. The van der Waals surface area contributed by atoms with E-state index in [1.165, 1.54) is 103 Å². The molecule has 16 aromatic rings. The normalized spacial score (nSPS) is 12.7. The van der Waals surface area contributed by atoms with E-state index in [0.717, 1.165) is 49.4 Å². The average molecular weight is 813 g/mol. The van der Waals surface area contributed by atoms with Gasteiger partial charge >= 0.3 is 0 Å². The molecule has 0 unspecified atom stereocenters. The molecule has 0 saturated carbocycles. The molecule has 0 radical (unpaired) electrons. The minimum atomic E-state index is 0.897. The van der Waals surface area contributed by atoms with Crippen LogP contribution in [-0.2, 0) is 0 Å². The van der Waals surface area contributed by atoms with Gasteiger partial charge in [-0.3, -0.25) is 0 Å². The van der Waals surface area contributed by atoms with Crippen molar-refractivity contribution in [2.24, 2.45) is 0 Å². The van der Waals surface area contributed by atoms with Crippen molar-refractivity contribution < 1.29 is 8.83 Å². The highest BCUT2D eigenvalue weighted by atomic mass is 16.3. The Hall–Kier alpha value is -8.60. The van der Waals surface area contributed by atoms with Crippen molar-refractivity contribution in [3.05, 3.63) is 194 Å². The monoisotopic (exact) mass is 812 g/mol. The van der Waals surface area contributed by atoms with Gasteiger partial charge in [0.05, 0.1) is 22.1 Å². The molecule has 0 N–H and O–H groups in total. The van der Waals surface area contributed by atoms with E-state index in [0.29, 0.717) is 0 Å². The van der Waals surface area contributed by atoms with Crippen LogP contribution in [0.4, 0.5) is 0 Å². The molecule has 6 heterocycles. The van der Waals surface area contributed by atoms with Crippen LogP contribution < -0.4 is 0 Å². The van der Waals surface area contributed by atoms with Gasteiger partial charge in [-0.15, -0.1) is 0 Å². The SMILES string of the molecule is c1ccc2cc3c(cc2c1)c1cc2c(cc1n1cc4c(-c5ccc6cc7c(cc6c5)c5cc6oc8ccccc8c6cc5n5cc6ccccc6c75)cccc4c31)oc1ccccc12. The third kappa shape index (κ3) is 4.22. The van der Waals surface area contributed by atoms with Crippen molar-refractivity contribution in [3.63, 3.8) is 0 Å². The number of benzene rings is 10. The first-order chi connectivity index (χ1) is 31.7. The molecule has 0 atom stereocenters. The van der Waals surface area contributed by atoms with Crippen LogP contribution in [0.1, 0.15) is 0 Å². The summed E-state index contributed by atoms with van der Waals surface area (Å²) in [4.78, 5) is 0. The molecule has 0 aliphatic rings. The molecule has 4 heteroatoms. The molecule has 64 heavy (non-hydrogen) atoms. The Morgan fingerprint density at radius 1 is 0.266 bits per heavy atom. The largest absolute Gasteiger partial charge is 0.456 e. The quantitative estimate of drug-likeness (QED) is 0.122. The molecule has 16 rings (SSSR count). The van der Waals surface area contributed by atoms with Gasteiger partial charge in [0.25, 0.3) is 0 Å². The summed E-state index contributed by atoms with van der Waals surface area (Å²) in [6.07, 6.45) is 4.65. The van der Waals surface area contributed by atoms with Crippen LogP contribution in [0, 0.1) is 0 Å². The lowest BCUT2D eigenvalue weighted by Gasteiger charge is -2.13. The lowest BCUT2D eigenvalue weighted by Crippen LogP contribution is -1.91. The molecular formula is C60H32N2O2. The highest BCUT2D eigenvalue weighted by Crippen LogP contribution is 2.45. The Bertz CT molecular complexity index is 4790. The number of para-hydroxylation sites is 2. The minimum Gasteiger partial charge on any atom is -0.456 e. The number of nitrogens with zero attached hydrogens (tertiary/aromatic N) is 2. The first-order valence-electron chi connectivity index (χ1n) is 22.0. The maximum atomic E-state index is 6.51. The highest BCUT2D eigenvalue weighted by Gasteiger charge is 2.20. The number of hydrogen-bond donors (Lipinski definition) is 0. The van der Waals surface area contributed by atoms with Crippen LogP contribution in [0.2, 0.25) is 0 Å². The number of aromatic nitrogens is 2. The summed E-state index contributed by atoms with van der Waals surface area (Å²) in [5.41, 5.74) is 10.7. The summed E-state index contributed by atoms with van der Waals surface area (Å²) in [6.45, 7) is 0. The molecule has 0 fully saturated rings. The molecule has 0 aliphatic heterocycles. The molecule has 0 amide bonds. The Labute approximate surface area is 362 Å². The third-order valence-electron chi connectivity index (χ3n) is 14.4. The number of fused-ring (bicyclic) bond motifs is 24. The maximum Gasteiger partial charge on any atom is 0.137 e. The number of rotatable bonds is 1. The summed E-state index contributed by atoms with van der Waals surface area (Å²) in [7, 11) is 0. The van der Waals surface area contributed by atoms with Gasteiger partial charge in [-0.2, -0.15) is 0 Å². The topological polar surface area (TPSA) is 35.1 Å². The molecule has 6 aromatic heterocycles. The first-order valence-corrected chi connectivity index (χ1v) is 22.0. The highest BCUT2D eigenvalue weighted by molar-refractivity contribution is 6.27. The van der Waals surface area contributed by atoms with Crippen molar-refractivity contribution in [1.82, 2.24) is 8.80 Å². The van der Waals surface area contributed by atoms with Crippen molar-refractivity contribution >= 4 is 141 Å². The zero-order valence-electron chi connectivity index (χ0n) is 34.2. The number of hydrogen-bond acceptors (Lipinski definition) is 2. The molecule has 0 bridgehead atoms. The van der Waals surface area contributed by atoms with Crippen molar-refractivity contribution in [2.45, 2.75) is 0 Å². The maximum absolute atomic E-state index is 6.51. The van der Waals surface area contributed by atoms with E-state index in [-0.39, 0.29) is 0 Å². The Morgan fingerprint density at radius 2 is 0.812 bits per heavy atom. The van der Waals surface area contributed by atoms with Gasteiger partial charge in [0.1, 0.15) is 22.3 Å². The lowest BCUT2D eigenvalue weighted by atomic mass is 9.94. The fourth-order valence-corrected chi connectivity index (χ4v) is 11.5. The predicted molar refractivity (Wildman–Crippen MR) is 268 cm³/mol. The second-order valence-corrected chi connectivity index (χ2v) is 17.7. The zero-order valence-corrected chi connectivity index (χ0v) is 34.2. The standard InChI is InChI=1S/C60H32N2O2/c1-2-11-34-24-51-44(23-33(34)10-1)46-27-48-41-14-5-7-18-55(41)64-58(48)30-54(46)62-32-52-39(16-9-17-43(52)60(51)62)36-21-20-35-25-50-45(26-38(35)22-36)47-29-57-49(42-15-6-8-19-56(42)63-57)28-53(47)61-31-37-12-3-4-13-40(37)59(50)61/h1-32H.